The molecule has 20 heavy (non-hydrogen) atoms. The van der Waals surface area contributed by atoms with E-state index in [9.17, 15) is 0 Å². The number of alkyl halides is 1. The Hall–Kier alpha value is -2.13. The van der Waals surface area contributed by atoms with Crippen LogP contribution in [-0.2, 0) is 12.3 Å². The summed E-state index contributed by atoms with van der Waals surface area (Å²) in [4.78, 5) is 0. The van der Waals surface area contributed by atoms with Crippen molar-refractivity contribution in [2.24, 2.45) is 0 Å². The fraction of sp³-hybridized carbons (Fsp3) is 0.125. The summed E-state index contributed by atoms with van der Waals surface area (Å²) in [6, 6.07) is 18.6. The second-order valence-electron chi connectivity index (χ2n) is 4.58. The van der Waals surface area contributed by atoms with Crippen molar-refractivity contribution in [3.8, 4) is 5.69 Å². The Morgan fingerprint density at radius 3 is 2.45 bits per heavy atom. The molecule has 0 aliphatic carbocycles. The number of nitrogens with zero attached hydrogens (tertiary/aromatic N) is 3. The van der Waals surface area contributed by atoms with Crippen LogP contribution >= 0.6 is 11.6 Å². The molecule has 0 N–H and O–H groups in total. The third-order valence-electron chi connectivity index (χ3n) is 3.15. The van der Waals surface area contributed by atoms with Gasteiger partial charge in [0, 0.05) is 0 Å². The van der Waals surface area contributed by atoms with Gasteiger partial charge < -0.3 is 0 Å². The van der Waals surface area contributed by atoms with Gasteiger partial charge in [0.2, 0.25) is 0 Å². The van der Waals surface area contributed by atoms with Crippen molar-refractivity contribution in [1.82, 2.24) is 15.0 Å². The quantitative estimate of drug-likeness (QED) is 0.685. The number of hydrogen-bond acceptors (Lipinski definition) is 2. The van der Waals surface area contributed by atoms with Gasteiger partial charge in [0.15, 0.2) is 0 Å². The lowest BCUT2D eigenvalue weighted by Gasteiger charge is -2.08. The monoisotopic (exact) mass is 283 g/mol. The third-order valence-corrected chi connectivity index (χ3v) is 3.43. The van der Waals surface area contributed by atoms with Crippen LogP contribution in [0.25, 0.3) is 5.69 Å². The van der Waals surface area contributed by atoms with Crippen LogP contribution in [0.4, 0.5) is 0 Å². The van der Waals surface area contributed by atoms with Crippen LogP contribution in [0.1, 0.15) is 16.8 Å². The summed E-state index contributed by atoms with van der Waals surface area (Å²) < 4.78 is 1.79. The average molecular weight is 284 g/mol. The van der Waals surface area contributed by atoms with Crippen molar-refractivity contribution in [3.05, 3.63) is 77.6 Å². The number of hydrogen-bond donors (Lipinski definition) is 0. The molecule has 0 fully saturated rings. The van der Waals surface area contributed by atoms with Gasteiger partial charge in [-0.05, 0) is 23.6 Å². The minimum Gasteiger partial charge on any atom is -0.220 e. The molecule has 0 bridgehead atoms. The zero-order chi connectivity index (χ0) is 13.8. The number of rotatable bonds is 4. The predicted octanol–water partition coefficient (Wildman–Crippen LogP) is 3.60. The lowest BCUT2D eigenvalue weighted by molar-refractivity contribution is 0.792. The first-order valence-electron chi connectivity index (χ1n) is 6.46. The first kappa shape index (κ1) is 12.9. The Balaban J connectivity index is 1.96. The molecule has 0 atom stereocenters. The summed E-state index contributed by atoms with van der Waals surface area (Å²) in [5.74, 6) is 0.376. The summed E-state index contributed by atoms with van der Waals surface area (Å²) >= 11 is 5.78. The van der Waals surface area contributed by atoms with E-state index in [0.717, 1.165) is 17.8 Å². The van der Waals surface area contributed by atoms with Crippen molar-refractivity contribution < 1.29 is 0 Å². The standard InChI is InChI=1S/C16H14ClN3/c17-11-15-12-20(19-18-15)16-9-5-4-8-14(16)10-13-6-2-1-3-7-13/h1-9,12H,10-11H2. The fourth-order valence-corrected chi connectivity index (χ4v) is 2.30. The van der Waals surface area contributed by atoms with Gasteiger partial charge in [-0.2, -0.15) is 0 Å². The SMILES string of the molecule is ClCc1cn(-c2ccccc2Cc2ccccc2)nn1. The van der Waals surface area contributed by atoms with Gasteiger partial charge in [0.05, 0.1) is 23.5 Å². The van der Waals surface area contributed by atoms with Crippen LogP contribution in [0.15, 0.2) is 60.8 Å². The predicted molar refractivity (Wildman–Crippen MR) is 80.2 cm³/mol. The smallest absolute Gasteiger partial charge is 0.0979 e. The molecule has 100 valence electrons. The minimum atomic E-state index is 0.376. The molecular weight excluding hydrogens is 270 g/mol. The van der Waals surface area contributed by atoms with Crippen LogP contribution in [0.3, 0.4) is 0 Å². The lowest BCUT2D eigenvalue weighted by atomic mass is 10.0. The molecule has 0 radical (unpaired) electrons. The maximum Gasteiger partial charge on any atom is 0.0979 e. The summed E-state index contributed by atoms with van der Waals surface area (Å²) in [7, 11) is 0. The van der Waals surface area contributed by atoms with E-state index in [4.69, 9.17) is 11.6 Å². The normalized spacial score (nSPS) is 10.7. The fourth-order valence-electron chi connectivity index (χ4n) is 2.18. The molecule has 0 saturated carbocycles. The van der Waals surface area contributed by atoms with Gasteiger partial charge in [-0.25, -0.2) is 4.68 Å². The van der Waals surface area contributed by atoms with Crippen LogP contribution in [0.5, 0.6) is 0 Å². The minimum absolute atomic E-state index is 0.376. The largest absolute Gasteiger partial charge is 0.220 e. The summed E-state index contributed by atoms with van der Waals surface area (Å²) in [5.41, 5.74) is 4.31. The van der Waals surface area contributed by atoms with Crippen molar-refractivity contribution >= 4 is 11.6 Å². The molecule has 3 aromatic rings. The number of para-hydroxylation sites is 1. The molecule has 0 aliphatic heterocycles. The summed E-state index contributed by atoms with van der Waals surface area (Å²) in [6.07, 6.45) is 2.74. The number of benzene rings is 2. The van der Waals surface area contributed by atoms with Crippen LogP contribution in [-0.4, -0.2) is 15.0 Å². The van der Waals surface area contributed by atoms with E-state index in [1.807, 2.05) is 30.5 Å². The zero-order valence-electron chi connectivity index (χ0n) is 10.9. The van der Waals surface area contributed by atoms with Crippen molar-refractivity contribution in [2.45, 2.75) is 12.3 Å². The summed E-state index contributed by atoms with van der Waals surface area (Å²) in [5, 5.41) is 8.18. The summed E-state index contributed by atoms with van der Waals surface area (Å²) in [6.45, 7) is 0. The highest BCUT2D eigenvalue weighted by atomic mass is 35.5. The molecule has 0 spiro atoms. The Bertz CT molecular complexity index is 692. The average Bonchev–Trinajstić information content (AvgIpc) is 2.98. The molecule has 0 saturated heterocycles. The Morgan fingerprint density at radius 1 is 0.950 bits per heavy atom. The Kier molecular flexibility index (Phi) is 3.79. The number of halogens is 1. The highest BCUT2D eigenvalue weighted by Crippen LogP contribution is 2.18. The second kappa shape index (κ2) is 5.88. The highest BCUT2D eigenvalue weighted by molar-refractivity contribution is 6.16. The van der Waals surface area contributed by atoms with Crippen LogP contribution in [0.2, 0.25) is 0 Å². The molecule has 0 aliphatic rings. The van der Waals surface area contributed by atoms with Gasteiger partial charge in [-0.15, -0.1) is 16.7 Å². The van der Waals surface area contributed by atoms with E-state index in [2.05, 4.69) is 40.6 Å². The second-order valence-corrected chi connectivity index (χ2v) is 4.85. The maximum absolute atomic E-state index is 5.78. The van der Waals surface area contributed by atoms with Gasteiger partial charge >= 0.3 is 0 Å². The van der Waals surface area contributed by atoms with E-state index in [1.165, 1.54) is 11.1 Å². The number of aromatic nitrogens is 3. The zero-order valence-corrected chi connectivity index (χ0v) is 11.7. The molecule has 3 rings (SSSR count). The van der Waals surface area contributed by atoms with E-state index >= 15 is 0 Å². The third kappa shape index (κ3) is 2.73. The molecule has 2 aromatic carbocycles. The molecule has 1 heterocycles. The van der Waals surface area contributed by atoms with E-state index in [0.29, 0.717) is 5.88 Å². The molecule has 0 unspecified atom stereocenters. The molecular formula is C16H14ClN3. The van der Waals surface area contributed by atoms with Gasteiger partial charge in [0.25, 0.3) is 0 Å². The van der Waals surface area contributed by atoms with Crippen LogP contribution < -0.4 is 0 Å². The first-order chi connectivity index (χ1) is 9.86. The topological polar surface area (TPSA) is 30.7 Å². The Labute approximate surface area is 122 Å². The van der Waals surface area contributed by atoms with E-state index in [-0.39, 0.29) is 0 Å². The van der Waals surface area contributed by atoms with E-state index < -0.39 is 0 Å². The van der Waals surface area contributed by atoms with Gasteiger partial charge in [-0.3, -0.25) is 0 Å². The maximum atomic E-state index is 5.78. The van der Waals surface area contributed by atoms with Crippen molar-refractivity contribution in [3.63, 3.8) is 0 Å². The molecule has 3 nitrogen and oxygen atoms in total. The lowest BCUT2D eigenvalue weighted by Crippen LogP contribution is -2.01. The molecule has 4 heteroatoms. The van der Waals surface area contributed by atoms with Crippen molar-refractivity contribution in [1.29, 1.82) is 0 Å². The Morgan fingerprint density at radius 2 is 1.70 bits per heavy atom. The molecule has 0 amide bonds. The van der Waals surface area contributed by atoms with Gasteiger partial charge in [0.1, 0.15) is 0 Å². The van der Waals surface area contributed by atoms with E-state index in [1.54, 1.807) is 4.68 Å². The van der Waals surface area contributed by atoms with Crippen molar-refractivity contribution in [2.75, 3.05) is 0 Å². The molecule has 1 aromatic heterocycles. The highest BCUT2D eigenvalue weighted by Gasteiger charge is 2.07. The van der Waals surface area contributed by atoms with Gasteiger partial charge in [-0.1, -0.05) is 53.7 Å². The van der Waals surface area contributed by atoms with Crippen LogP contribution in [0, 0.1) is 0 Å². The first-order valence-corrected chi connectivity index (χ1v) is 6.99.